The minimum atomic E-state index is -1.46. The van der Waals surface area contributed by atoms with Gasteiger partial charge in [0.1, 0.15) is 18.8 Å². The Labute approximate surface area is 252 Å². The summed E-state index contributed by atoms with van der Waals surface area (Å²) in [6, 6.07) is 9.19. The van der Waals surface area contributed by atoms with Crippen molar-refractivity contribution >= 4 is 35.6 Å². The lowest BCUT2D eigenvalue weighted by Crippen LogP contribution is -2.54. The molecule has 11 heteroatoms. The van der Waals surface area contributed by atoms with E-state index in [1.165, 1.54) is 30.7 Å². The average molecular weight is 599 g/mol. The van der Waals surface area contributed by atoms with Gasteiger partial charge in [0, 0.05) is 19.4 Å². The van der Waals surface area contributed by atoms with Crippen molar-refractivity contribution in [1.29, 1.82) is 0 Å². The number of aryl methyl sites for hydroxylation is 1. The van der Waals surface area contributed by atoms with Crippen LogP contribution in [-0.4, -0.2) is 70.9 Å². The molecule has 3 fully saturated rings. The lowest BCUT2D eigenvalue weighted by atomic mass is 9.83. The van der Waals surface area contributed by atoms with Crippen LogP contribution in [0.1, 0.15) is 90.0 Å². The van der Waals surface area contributed by atoms with E-state index in [4.69, 9.17) is 9.47 Å². The molecule has 11 nitrogen and oxygen atoms in total. The van der Waals surface area contributed by atoms with E-state index < -0.39 is 53.7 Å². The Hall–Kier alpha value is -3.76. The third kappa shape index (κ3) is 8.42. The van der Waals surface area contributed by atoms with Crippen molar-refractivity contribution < 1.29 is 43.1 Å². The number of likely N-dealkylation sites (tertiary alicyclic amines) is 1. The largest absolute Gasteiger partial charge is 0.533 e. The van der Waals surface area contributed by atoms with E-state index in [1.54, 1.807) is 0 Å². The van der Waals surface area contributed by atoms with Crippen molar-refractivity contribution in [2.24, 2.45) is 11.3 Å². The van der Waals surface area contributed by atoms with Crippen LogP contribution in [0.5, 0.6) is 0 Å². The lowest BCUT2D eigenvalue weighted by molar-refractivity contribution is -0.178. The summed E-state index contributed by atoms with van der Waals surface area (Å²) < 4.78 is 11.2. The number of benzene rings is 1. The van der Waals surface area contributed by atoms with E-state index in [0.717, 1.165) is 38.5 Å². The second-order valence-electron chi connectivity index (χ2n) is 12.3. The zero-order valence-electron chi connectivity index (χ0n) is 25.1. The maximum absolute atomic E-state index is 13.6. The van der Waals surface area contributed by atoms with Crippen LogP contribution in [0.4, 0.5) is 4.79 Å². The number of hydrogen-bond donors (Lipinski definition) is 0. The number of imide groups is 1. The highest BCUT2D eigenvalue weighted by Crippen LogP contribution is 2.32. The minimum absolute atomic E-state index is 0.0710. The highest BCUT2D eigenvalue weighted by molar-refractivity contribution is 6.38. The number of carbonyl (C=O) groups excluding carboxylic acids is 6. The average Bonchev–Trinajstić information content (AvgIpc) is 3.34. The first-order valence-corrected chi connectivity index (χ1v) is 15.4. The minimum Gasteiger partial charge on any atom is -0.461 e. The van der Waals surface area contributed by atoms with Gasteiger partial charge in [0.05, 0.1) is 5.41 Å². The van der Waals surface area contributed by atoms with Crippen LogP contribution in [0, 0.1) is 11.3 Å². The Morgan fingerprint density at radius 3 is 2.23 bits per heavy atom. The quantitative estimate of drug-likeness (QED) is 0.207. The fourth-order valence-electron chi connectivity index (χ4n) is 5.98. The molecule has 4 rings (SSSR count). The molecule has 234 valence electrons. The predicted octanol–water partition coefficient (Wildman–Crippen LogP) is 4.30. The summed E-state index contributed by atoms with van der Waals surface area (Å²) in [6.45, 7) is 2.58. The van der Waals surface area contributed by atoms with E-state index in [9.17, 15) is 28.8 Å². The molecule has 0 N–H and O–H groups in total. The number of carbonyl (C=O) groups is 6. The number of amides is 3. The Kier molecular flexibility index (Phi) is 10.9. The normalized spacial score (nSPS) is 20.5. The van der Waals surface area contributed by atoms with Crippen LogP contribution in [0.15, 0.2) is 30.3 Å². The zero-order chi connectivity index (χ0) is 31.0. The molecule has 1 saturated carbocycles. The van der Waals surface area contributed by atoms with Crippen molar-refractivity contribution in [3.8, 4) is 0 Å². The SMILES string of the molecule is CC(C)(COC(=O)ON1C(=O)CCC1=O)C(=O)C(=O)N1CCCCC1C(=O)O[C@H](CCc1ccccc1)C1CCCCC1. The Balaban J connectivity index is 1.37. The van der Waals surface area contributed by atoms with Crippen LogP contribution in [-0.2, 0) is 44.7 Å². The molecule has 3 aliphatic rings. The summed E-state index contributed by atoms with van der Waals surface area (Å²) in [7, 11) is 0. The maximum Gasteiger partial charge on any atom is 0.533 e. The molecule has 0 bridgehead atoms. The monoisotopic (exact) mass is 598 g/mol. The third-order valence-corrected chi connectivity index (χ3v) is 8.57. The Morgan fingerprint density at radius 2 is 1.56 bits per heavy atom. The number of nitrogens with zero attached hydrogens (tertiary/aromatic N) is 2. The van der Waals surface area contributed by atoms with Gasteiger partial charge in [-0.2, -0.15) is 0 Å². The standard InChI is InChI=1S/C32H42N2O9/c1-32(2,21-41-31(40)43-34-26(35)18-19-27(34)36)28(37)29(38)33-20-10-9-15-24(33)30(39)42-25(23-13-7-4-8-14-23)17-16-22-11-5-3-6-12-22/h3,5-6,11-12,23-25H,4,7-10,13-21H2,1-2H3/t24?,25-/m1/s1. The van der Waals surface area contributed by atoms with Crippen LogP contribution < -0.4 is 0 Å². The number of ether oxygens (including phenoxy) is 2. The smallest absolute Gasteiger partial charge is 0.461 e. The maximum atomic E-state index is 13.6. The lowest BCUT2D eigenvalue weighted by Gasteiger charge is -2.37. The number of rotatable bonds is 11. The van der Waals surface area contributed by atoms with Gasteiger partial charge >= 0.3 is 12.1 Å². The fraction of sp³-hybridized carbons (Fsp3) is 0.625. The summed E-state index contributed by atoms with van der Waals surface area (Å²) in [6.07, 6.45) is 6.85. The van der Waals surface area contributed by atoms with Crippen LogP contribution in [0.2, 0.25) is 0 Å². The van der Waals surface area contributed by atoms with Crippen molar-refractivity contribution in [3.63, 3.8) is 0 Å². The Morgan fingerprint density at radius 1 is 0.907 bits per heavy atom. The third-order valence-electron chi connectivity index (χ3n) is 8.57. The van der Waals surface area contributed by atoms with Crippen LogP contribution in [0.25, 0.3) is 0 Å². The van der Waals surface area contributed by atoms with Crippen LogP contribution in [0.3, 0.4) is 0 Å². The van der Waals surface area contributed by atoms with Gasteiger partial charge in [-0.05, 0) is 70.3 Å². The molecule has 0 radical (unpaired) electrons. The van der Waals surface area contributed by atoms with E-state index in [-0.39, 0.29) is 31.4 Å². The first kappa shape index (κ1) is 32.2. The number of Topliss-reactive ketones (excluding diaryl/α,β-unsaturated/α-hetero) is 1. The van der Waals surface area contributed by atoms with Gasteiger partial charge in [-0.1, -0.05) is 54.7 Å². The summed E-state index contributed by atoms with van der Waals surface area (Å²) in [4.78, 5) is 81.8. The molecule has 2 heterocycles. The summed E-state index contributed by atoms with van der Waals surface area (Å²) in [5, 5.41) is 0.340. The first-order valence-electron chi connectivity index (χ1n) is 15.4. The van der Waals surface area contributed by atoms with Gasteiger partial charge in [0.25, 0.3) is 17.7 Å². The molecule has 1 unspecified atom stereocenters. The molecule has 1 aliphatic carbocycles. The highest BCUT2D eigenvalue weighted by atomic mass is 16.8. The van der Waals surface area contributed by atoms with Crippen LogP contribution >= 0.6 is 0 Å². The topological polar surface area (TPSA) is 137 Å². The molecule has 1 aromatic carbocycles. The molecule has 2 saturated heterocycles. The molecule has 1 aromatic rings. The Bertz CT molecular complexity index is 1180. The molecule has 3 amide bonds. The van der Waals surface area contributed by atoms with Gasteiger partial charge in [-0.15, -0.1) is 0 Å². The van der Waals surface area contributed by atoms with Crippen molar-refractivity contribution in [1.82, 2.24) is 9.96 Å². The fourth-order valence-corrected chi connectivity index (χ4v) is 5.98. The van der Waals surface area contributed by atoms with Gasteiger partial charge in [-0.3, -0.25) is 24.0 Å². The van der Waals surface area contributed by atoms with E-state index in [1.807, 2.05) is 18.2 Å². The van der Waals surface area contributed by atoms with E-state index >= 15 is 0 Å². The van der Waals surface area contributed by atoms with E-state index in [2.05, 4.69) is 17.0 Å². The summed E-state index contributed by atoms with van der Waals surface area (Å²) in [5.74, 6) is -3.23. The van der Waals surface area contributed by atoms with Crippen molar-refractivity contribution in [3.05, 3.63) is 35.9 Å². The summed E-state index contributed by atoms with van der Waals surface area (Å²) >= 11 is 0. The zero-order valence-corrected chi connectivity index (χ0v) is 25.1. The number of ketones is 1. The predicted molar refractivity (Wildman–Crippen MR) is 153 cm³/mol. The van der Waals surface area contributed by atoms with Crippen molar-refractivity contribution in [2.75, 3.05) is 13.2 Å². The number of hydroxylamine groups is 2. The molecule has 0 aromatic heterocycles. The van der Waals surface area contributed by atoms with Gasteiger partial charge in [-0.25, -0.2) is 9.59 Å². The first-order chi connectivity index (χ1) is 20.6. The van der Waals surface area contributed by atoms with Gasteiger partial charge < -0.3 is 14.4 Å². The molecule has 2 aliphatic heterocycles. The van der Waals surface area contributed by atoms with E-state index in [0.29, 0.717) is 24.3 Å². The summed E-state index contributed by atoms with van der Waals surface area (Å²) in [5.41, 5.74) is -0.284. The number of esters is 1. The van der Waals surface area contributed by atoms with Gasteiger partial charge in [0.2, 0.25) is 5.78 Å². The highest BCUT2D eigenvalue weighted by Gasteiger charge is 2.43. The molecular formula is C32H42N2O9. The van der Waals surface area contributed by atoms with Crippen molar-refractivity contribution in [2.45, 2.75) is 103 Å². The molecule has 43 heavy (non-hydrogen) atoms. The molecule has 0 spiro atoms. The second kappa shape index (κ2) is 14.6. The van der Waals surface area contributed by atoms with Gasteiger partial charge in [0.15, 0.2) is 0 Å². The molecular weight excluding hydrogens is 556 g/mol. The second-order valence-corrected chi connectivity index (χ2v) is 12.3. The number of piperidine rings is 1. The molecule has 2 atom stereocenters. The number of hydrogen-bond acceptors (Lipinski definition) is 9.